The average Bonchev–Trinajstić information content (AvgIpc) is 3.21. The van der Waals surface area contributed by atoms with E-state index in [1.54, 1.807) is 18.2 Å². The van der Waals surface area contributed by atoms with E-state index in [-0.39, 0.29) is 23.2 Å². The Labute approximate surface area is 190 Å². The summed E-state index contributed by atoms with van der Waals surface area (Å²) in [6, 6.07) is 12.6. The largest absolute Gasteiger partial charge is 0.491 e. The molecule has 0 radical (unpaired) electrons. The fraction of sp³-hybridized carbons (Fsp3) is 0.364. The van der Waals surface area contributed by atoms with Crippen LogP contribution in [0.3, 0.4) is 0 Å². The second-order valence-electron chi connectivity index (χ2n) is 7.19. The Bertz CT molecular complexity index is 900. The first-order valence-electron chi connectivity index (χ1n) is 9.83. The molecule has 8 heteroatoms. The topological polar surface area (TPSA) is 68.8 Å². The molecule has 160 valence electrons. The van der Waals surface area contributed by atoms with Gasteiger partial charge >= 0.3 is 0 Å². The number of thiocarbonyl (C=S) groups is 1. The third-order valence-electron chi connectivity index (χ3n) is 4.34. The van der Waals surface area contributed by atoms with Crippen LogP contribution in [0.25, 0.3) is 0 Å². The van der Waals surface area contributed by atoms with E-state index in [2.05, 4.69) is 26.6 Å². The maximum Gasteiger partial charge on any atom is 0.257 e. The van der Waals surface area contributed by atoms with Crippen molar-refractivity contribution in [2.75, 3.05) is 18.5 Å². The number of hydrogen-bond acceptors (Lipinski definition) is 5. The number of carbonyl (C=O) groups excluding carboxylic acids is 1. The lowest BCUT2D eigenvalue weighted by molar-refractivity contribution is 0.0680. The molecule has 1 saturated heterocycles. The Balaban J connectivity index is 1.54. The van der Waals surface area contributed by atoms with Crippen LogP contribution in [0, 0.1) is 0 Å². The van der Waals surface area contributed by atoms with Crippen LogP contribution in [0.15, 0.2) is 46.9 Å². The highest BCUT2D eigenvalue weighted by Gasteiger charge is 2.16. The number of rotatable bonds is 7. The summed E-state index contributed by atoms with van der Waals surface area (Å²) in [7, 11) is 0. The molecule has 0 aromatic heterocycles. The number of hydrogen-bond donors (Lipinski definition) is 2. The van der Waals surface area contributed by atoms with Crippen LogP contribution in [-0.4, -0.2) is 36.4 Å². The molecule has 1 unspecified atom stereocenters. The van der Waals surface area contributed by atoms with Gasteiger partial charge in [-0.1, -0.05) is 6.07 Å². The highest BCUT2D eigenvalue weighted by atomic mass is 79.9. The molecular formula is C22H25BrN2O4S. The summed E-state index contributed by atoms with van der Waals surface area (Å²) in [5.74, 6) is 1.09. The molecule has 2 N–H and O–H groups in total. The third-order valence-corrected chi connectivity index (χ3v) is 5.16. The third kappa shape index (κ3) is 6.68. The molecule has 2 aromatic rings. The number of nitrogens with one attached hydrogen (secondary N) is 2. The summed E-state index contributed by atoms with van der Waals surface area (Å²) < 4.78 is 17.7. The van der Waals surface area contributed by atoms with Crippen molar-refractivity contribution < 1.29 is 19.0 Å². The summed E-state index contributed by atoms with van der Waals surface area (Å²) in [6.45, 7) is 5.21. The van der Waals surface area contributed by atoms with Crippen LogP contribution in [0.1, 0.15) is 37.0 Å². The maximum absolute atomic E-state index is 12.5. The van der Waals surface area contributed by atoms with Crippen molar-refractivity contribution in [1.29, 1.82) is 0 Å². The number of amides is 1. The van der Waals surface area contributed by atoms with Gasteiger partial charge in [-0.3, -0.25) is 10.1 Å². The molecule has 1 heterocycles. The van der Waals surface area contributed by atoms with Crippen LogP contribution in [0.5, 0.6) is 11.5 Å². The molecule has 2 aromatic carbocycles. The van der Waals surface area contributed by atoms with Gasteiger partial charge in [-0.25, -0.2) is 0 Å². The van der Waals surface area contributed by atoms with Gasteiger partial charge in [0, 0.05) is 23.9 Å². The van der Waals surface area contributed by atoms with Crippen LogP contribution >= 0.6 is 28.1 Å². The van der Waals surface area contributed by atoms with Crippen LogP contribution in [-0.2, 0) is 4.74 Å². The van der Waals surface area contributed by atoms with Gasteiger partial charge in [-0.05, 0) is 85.2 Å². The van der Waals surface area contributed by atoms with E-state index in [0.717, 1.165) is 25.1 Å². The summed E-state index contributed by atoms with van der Waals surface area (Å²) in [5.41, 5.74) is 1.20. The molecule has 30 heavy (non-hydrogen) atoms. The van der Waals surface area contributed by atoms with Crippen molar-refractivity contribution in [3.63, 3.8) is 0 Å². The molecule has 0 bridgehead atoms. The molecule has 0 spiro atoms. The van der Waals surface area contributed by atoms with E-state index in [0.29, 0.717) is 28.1 Å². The smallest absolute Gasteiger partial charge is 0.257 e. The first kappa shape index (κ1) is 22.5. The lowest BCUT2D eigenvalue weighted by Gasteiger charge is -2.14. The highest BCUT2D eigenvalue weighted by molar-refractivity contribution is 9.10. The van der Waals surface area contributed by atoms with E-state index >= 15 is 0 Å². The minimum Gasteiger partial charge on any atom is -0.491 e. The van der Waals surface area contributed by atoms with Crippen LogP contribution < -0.4 is 20.1 Å². The second kappa shape index (κ2) is 10.7. The van der Waals surface area contributed by atoms with Crippen molar-refractivity contribution in [2.24, 2.45) is 0 Å². The lowest BCUT2D eigenvalue weighted by atomic mass is 10.2. The first-order valence-corrected chi connectivity index (χ1v) is 11.0. The minimum absolute atomic E-state index is 0.0446. The summed E-state index contributed by atoms with van der Waals surface area (Å²) in [6.07, 6.45) is 2.30. The average molecular weight is 493 g/mol. The standard InChI is InChI=1S/C22H25BrN2O4S/c1-14(2)29-20-9-8-15(11-19(20)23)21(26)25-22(30)24-16-5-3-6-17(12-16)28-13-18-7-4-10-27-18/h3,5-6,8-9,11-12,14,18H,4,7,10,13H2,1-2H3,(H2,24,25,26,30). The fourth-order valence-corrected chi connectivity index (χ4v) is 3.64. The van der Waals surface area contributed by atoms with Gasteiger partial charge in [0.25, 0.3) is 5.91 Å². The van der Waals surface area contributed by atoms with Gasteiger partial charge in [0.2, 0.25) is 0 Å². The minimum atomic E-state index is -0.310. The van der Waals surface area contributed by atoms with Crippen molar-refractivity contribution in [3.05, 3.63) is 52.5 Å². The van der Waals surface area contributed by atoms with Crippen LogP contribution in [0.4, 0.5) is 5.69 Å². The Hall–Kier alpha value is -2.16. The SMILES string of the molecule is CC(C)Oc1ccc(C(=O)NC(=S)Nc2cccc(OCC3CCCO3)c2)cc1Br. The molecule has 1 atom stereocenters. The number of halogens is 1. The van der Waals surface area contributed by atoms with E-state index in [9.17, 15) is 4.79 Å². The Morgan fingerprint density at radius 3 is 2.83 bits per heavy atom. The monoisotopic (exact) mass is 492 g/mol. The molecule has 3 rings (SSSR count). The van der Waals surface area contributed by atoms with E-state index in [1.807, 2.05) is 38.1 Å². The number of ether oxygens (including phenoxy) is 3. The molecule has 6 nitrogen and oxygen atoms in total. The van der Waals surface area contributed by atoms with Gasteiger partial charge in [-0.15, -0.1) is 0 Å². The zero-order valence-electron chi connectivity index (χ0n) is 16.9. The van der Waals surface area contributed by atoms with Crippen LogP contribution in [0.2, 0.25) is 0 Å². The molecule has 1 fully saturated rings. The van der Waals surface area contributed by atoms with E-state index in [1.165, 1.54) is 0 Å². The Kier molecular flexibility index (Phi) is 8.07. The van der Waals surface area contributed by atoms with E-state index < -0.39 is 0 Å². The predicted molar refractivity (Wildman–Crippen MR) is 125 cm³/mol. The molecule has 0 saturated carbocycles. The summed E-state index contributed by atoms with van der Waals surface area (Å²) in [4.78, 5) is 12.5. The Morgan fingerprint density at radius 1 is 1.30 bits per heavy atom. The van der Waals surface area contributed by atoms with Gasteiger partial charge < -0.3 is 19.5 Å². The second-order valence-corrected chi connectivity index (χ2v) is 8.46. The summed E-state index contributed by atoms with van der Waals surface area (Å²) in [5, 5.41) is 5.91. The van der Waals surface area contributed by atoms with Crippen molar-refractivity contribution in [1.82, 2.24) is 5.32 Å². The molecule has 0 aliphatic carbocycles. The van der Waals surface area contributed by atoms with Gasteiger partial charge in [0.15, 0.2) is 5.11 Å². The van der Waals surface area contributed by atoms with E-state index in [4.69, 9.17) is 26.4 Å². The van der Waals surface area contributed by atoms with Crippen molar-refractivity contribution >= 4 is 44.9 Å². The fourth-order valence-electron chi connectivity index (χ4n) is 2.96. The van der Waals surface area contributed by atoms with Crippen molar-refractivity contribution in [3.8, 4) is 11.5 Å². The van der Waals surface area contributed by atoms with Gasteiger partial charge in [0.05, 0.1) is 16.7 Å². The first-order chi connectivity index (χ1) is 14.4. The van der Waals surface area contributed by atoms with Gasteiger partial charge in [0.1, 0.15) is 18.1 Å². The number of carbonyl (C=O) groups is 1. The highest BCUT2D eigenvalue weighted by Crippen LogP contribution is 2.27. The Morgan fingerprint density at radius 2 is 2.13 bits per heavy atom. The maximum atomic E-state index is 12.5. The van der Waals surface area contributed by atoms with Gasteiger partial charge in [-0.2, -0.15) is 0 Å². The number of benzene rings is 2. The zero-order valence-corrected chi connectivity index (χ0v) is 19.3. The molecule has 1 aliphatic rings. The predicted octanol–water partition coefficient (Wildman–Crippen LogP) is 4.92. The quantitative estimate of drug-likeness (QED) is 0.534. The molecular weight excluding hydrogens is 468 g/mol. The zero-order chi connectivity index (χ0) is 21.5. The summed E-state index contributed by atoms with van der Waals surface area (Å²) >= 11 is 8.72. The normalized spacial score (nSPS) is 15.7. The van der Waals surface area contributed by atoms with Crippen molar-refractivity contribution in [2.45, 2.75) is 38.9 Å². The molecule has 1 aliphatic heterocycles. The molecule has 1 amide bonds. The number of anilines is 1. The lowest BCUT2D eigenvalue weighted by Crippen LogP contribution is -2.34.